The molecule has 0 bridgehead atoms. The van der Waals surface area contributed by atoms with Crippen LogP contribution in [0.4, 0.5) is 0 Å². The molecule has 2 aromatic heterocycles. The quantitative estimate of drug-likeness (QED) is 0.185. The third kappa shape index (κ3) is 4.18. The average Bonchev–Trinajstić information content (AvgIpc) is 3.74. The monoisotopic (exact) mass is 695 g/mol. The molecular formula is C49H33N3S. The molecule has 53 heavy (non-hydrogen) atoms. The molecule has 0 N–H and O–H groups in total. The van der Waals surface area contributed by atoms with Gasteiger partial charge < -0.3 is 0 Å². The van der Waals surface area contributed by atoms with Gasteiger partial charge in [-0.1, -0.05) is 153 Å². The predicted octanol–water partition coefficient (Wildman–Crippen LogP) is 12.2. The van der Waals surface area contributed by atoms with Crippen LogP contribution in [0.3, 0.4) is 0 Å². The lowest BCUT2D eigenvalue weighted by Crippen LogP contribution is -2.40. The van der Waals surface area contributed by atoms with E-state index >= 15 is 0 Å². The van der Waals surface area contributed by atoms with Crippen molar-refractivity contribution in [2.24, 2.45) is 0 Å². The first-order valence-electron chi connectivity index (χ1n) is 18.2. The SMILES string of the molecule is CC1(C)c2ccccc2C2(c3ccccc3-c3ccccc32)c2ccc3sc4ccc(-c5nc(-c6ccccc6)nc(-c6ccccc6)n5)cc4c3c21. The highest BCUT2D eigenvalue weighted by molar-refractivity contribution is 7.25. The zero-order valence-corrected chi connectivity index (χ0v) is 30.2. The van der Waals surface area contributed by atoms with Gasteiger partial charge >= 0.3 is 0 Å². The second-order valence-electron chi connectivity index (χ2n) is 14.7. The first-order valence-corrected chi connectivity index (χ1v) is 19.0. The molecule has 2 heterocycles. The molecule has 0 aliphatic heterocycles. The van der Waals surface area contributed by atoms with Crippen LogP contribution >= 0.6 is 11.3 Å². The number of benzene rings is 7. The first kappa shape index (κ1) is 30.4. The van der Waals surface area contributed by atoms with Crippen molar-refractivity contribution in [2.75, 3.05) is 0 Å². The molecule has 9 aromatic rings. The van der Waals surface area contributed by atoms with Crippen molar-refractivity contribution in [1.29, 1.82) is 0 Å². The fourth-order valence-electron chi connectivity index (χ4n) is 9.36. The van der Waals surface area contributed by atoms with Gasteiger partial charge in [0.25, 0.3) is 0 Å². The van der Waals surface area contributed by atoms with E-state index in [9.17, 15) is 0 Å². The second-order valence-corrected chi connectivity index (χ2v) is 15.8. The molecule has 250 valence electrons. The highest BCUT2D eigenvalue weighted by Crippen LogP contribution is 2.63. The van der Waals surface area contributed by atoms with E-state index in [1.165, 1.54) is 64.7 Å². The van der Waals surface area contributed by atoms with Crippen molar-refractivity contribution in [3.05, 3.63) is 197 Å². The van der Waals surface area contributed by atoms with Crippen LogP contribution in [-0.2, 0) is 10.8 Å². The molecule has 0 atom stereocenters. The van der Waals surface area contributed by atoms with Crippen molar-refractivity contribution in [1.82, 2.24) is 15.0 Å². The van der Waals surface area contributed by atoms with Gasteiger partial charge in [-0.3, -0.25) is 0 Å². The van der Waals surface area contributed by atoms with Crippen LogP contribution in [-0.4, -0.2) is 15.0 Å². The Morgan fingerprint density at radius 3 is 1.51 bits per heavy atom. The third-order valence-electron chi connectivity index (χ3n) is 11.6. The Morgan fingerprint density at radius 1 is 0.415 bits per heavy atom. The standard InChI is InChI=1S/C49H33N3S/c1-48(2)38-23-13-14-24-39(38)49(36-21-11-9-19-33(36)34-20-10-12-22-37(34)49)40-26-28-42-43(44(40)48)35-29-32(25-27-41(35)53-42)47-51-45(30-15-5-3-6-16-30)50-46(52-47)31-17-7-4-8-18-31/h3-29H,1-2H3. The van der Waals surface area contributed by atoms with Gasteiger partial charge in [-0.2, -0.15) is 0 Å². The summed E-state index contributed by atoms with van der Waals surface area (Å²) in [6.07, 6.45) is 0. The lowest BCUT2D eigenvalue weighted by molar-refractivity contribution is 0.569. The minimum absolute atomic E-state index is 0.263. The molecule has 11 rings (SSSR count). The zero-order valence-electron chi connectivity index (χ0n) is 29.3. The molecular weight excluding hydrogens is 663 g/mol. The van der Waals surface area contributed by atoms with Crippen molar-refractivity contribution >= 4 is 31.5 Å². The smallest absolute Gasteiger partial charge is 0.164 e. The van der Waals surface area contributed by atoms with Gasteiger partial charge in [0.2, 0.25) is 0 Å². The fraction of sp³-hybridized carbons (Fsp3) is 0.0816. The van der Waals surface area contributed by atoms with Gasteiger partial charge in [0.1, 0.15) is 0 Å². The van der Waals surface area contributed by atoms with Crippen molar-refractivity contribution in [3.8, 4) is 45.3 Å². The summed E-state index contributed by atoms with van der Waals surface area (Å²) in [6.45, 7) is 4.84. The Morgan fingerprint density at radius 2 is 0.906 bits per heavy atom. The molecule has 0 radical (unpaired) electrons. The number of nitrogens with zero attached hydrogens (tertiary/aromatic N) is 3. The van der Waals surface area contributed by atoms with Gasteiger partial charge in [0.15, 0.2) is 17.5 Å². The molecule has 4 heteroatoms. The van der Waals surface area contributed by atoms with Gasteiger partial charge in [-0.25, -0.2) is 15.0 Å². The number of hydrogen-bond acceptors (Lipinski definition) is 4. The Hall–Kier alpha value is -6.23. The number of thiophene rings is 1. The van der Waals surface area contributed by atoms with Crippen LogP contribution in [0.5, 0.6) is 0 Å². The Balaban J connectivity index is 1.21. The zero-order chi connectivity index (χ0) is 35.3. The molecule has 0 unspecified atom stereocenters. The summed E-state index contributed by atoms with van der Waals surface area (Å²) in [5.74, 6) is 2.00. The normalized spacial score (nSPS) is 14.5. The second kappa shape index (κ2) is 11.1. The first-order chi connectivity index (χ1) is 26.0. The van der Waals surface area contributed by atoms with E-state index in [1.54, 1.807) is 0 Å². The predicted molar refractivity (Wildman–Crippen MR) is 218 cm³/mol. The molecule has 3 nitrogen and oxygen atoms in total. The number of hydrogen-bond donors (Lipinski definition) is 0. The average molecular weight is 696 g/mol. The summed E-state index contributed by atoms with van der Waals surface area (Å²) >= 11 is 1.87. The van der Waals surface area contributed by atoms with Crippen LogP contribution in [0, 0.1) is 0 Å². The van der Waals surface area contributed by atoms with Crippen LogP contribution in [0.2, 0.25) is 0 Å². The topological polar surface area (TPSA) is 38.7 Å². The summed E-state index contributed by atoms with van der Waals surface area (Å²) in [5, 5.41) is 2.56. The maximum atomic E-state index is 5.11. The summed E-state index contributed by atoms with van der Waals surface area (Å²) in [7, 11) is 0. The fourth-order valence-corrected chi connectivity index (χ4v) is 10.5. The highest BCUT2D eigenvalue weighted by atomic mass is 32.1. The summed E-state index contributed by atoms with van der Waals surface area (Å²) in [6, 6.07) is 59.3. The lowest BCUT2D eigenvalue weighted by atomic mass is 9.55. The molecule has 1 spiro atoms. The molecule has 0 fully saturated rings. The summed E-state index contributed by atoms with van der Waals surface area (Å²) in [4.78, 5) is 15.2. The number of aromatic nitrogens is 3. The van der Waals surface area contributed by atoms with Crippen LogP contribution in [0.25, 0.3) is 65.5 Å². The Kier molecular flexibility index (Phi) is 6.39. The molecule has 0 saturated carbocycles. The molecule has 2 aliphatic carbocycles. The maximum absolute atomic E-state index is 5.11. The third-order valence-corrected chi connectivity index (χ3v) is 12.7. The van der Waals surface area contributed by atoms with Crippen molar-refractivity contribution < 1.29 is 0 Å². The number of fused-ring (bicyclic) bond motifs is 13. The minimum Gasteiger partial charge on any atom is -0.208 e. The van der Waals surface area contributed by atoms with Crippen LogP contribution in [0.1, 0.15) is 47.2 Å². The lowest BCUT2D eigenvalue weighted by Gasteiger charge is -2.47. The molecule has 7 aromatic carbocycles. The van der Waals surface area contributed by atoms with Crippen LogP contribution in [0.15, 0.2) is 164 Å². The Bertz CT molecular complexity index is 2820. The van der Waals surface area contributed by atoms with E-state index in [1.807, 2.05) is 47.7 Å². The van der Waals surface area contributed by atoms with E-state index in [0.29, 0.717) is 17.5 Å². The van der Waals surface area contributed by atoms with Crippen molar-refractivity contribution in [3.63, 3.8) is 0 Å². The Labute approximate surface area is 312 Å². The van der Waals surface area contributed by atoms with E-state index in [-0.39, 0.29) is 5.41 Å². The summed E-state index contributed by atoms with van der Waals surface area (Å²) in [5.41, 5.74) is 13.1. The van der Waals surface area contributed by atoms with Gasteiger partial charge in [0.05, 0.1) is 5.41 Å². The largest absolute Gasteiger partial charge is 0.208 e. The molecule has 0 saturated heterocycles. The molecule has 0 amide bonds. The van der Waals surface area contributed by atoms with Gasteiger partial charge in [-0.15, -0.1) is 11.3 Å². The summed E-state index contributed by atoms with van der Waals surface area (Å²) < 4.78 is 2.55. The minimum atomic E-state index is -0.432. The van der Waals surface area contributed by atoms with E-state index in [2.05, 4.69) is 141 Å². The van der Waals surface area contributed by atoms with E-state index in [4.69, 9.17) is 15.0 Å². The molecule has 2 aliphatic rings. The number of rotatable bonds is 3. The van der Waals surface area contributed by atoms with Crippen molar-refractivity contribution in [2.45, 2.75) is 24.7 Å². The van der Waals surface area contributed by atoms with Gasteiger partial charge in [-0.05, 0) is 68.8 Å². The highest BCUT2D eigenvalue weighted by Gasteiger charge is 2.53. The van der Waals surface area contributed by atoms with E-state index in [0.717, 1.165) is 16.7 Å². The van der Waals surface area contributed by atoms with Crippen LogP contribution < -0.4 is 0 Å². The van der Waals surface area contributed by atoms with Gasteiger partial charge in [0, 0.05) is 42.3 Å². The maximum Gasteiger partial charge on any atom is 0.164 e. The van der Waals surface area contributed by atoms with E-state index < -0.39 is 5.41 Å².